The number of hydrogen-bond acceptors (Lipinski definition) is 3. The maximum absolute atomic E-state index is 12.0. The van der Waals surface area contributed by atoms with Gasteiger partial charge in [0.1, 0.15) is 5.00 Å². The molecule has 0 aromatic carbocycles. The number of nitrogens with zero attached hydrogens (tertiary/aromatic N) is 3. The third-order valence-corrected chi connectivity index (χ3v) is 5.33. The minimum absolute atomic E-state index is 0.121. The molecule has 1 saturated heterocycles. The van der Waals surface area contributed by atoms with Crippen molar-refractivity contribution in [3.8, 4) is 5.00 Å². The molecule has 1 aliphatic heterocycles. The summed E-state index contributed by atoms with van der Waals surface area (Å²) in [7, 11) is 0. The van der Waals surface area contributed by atoms with Crippen molar-refractivity contribution in [3.63, 3.8) is 0 Å². The van der Waals surface area contributed by atoms with Gasteiger partial charge in [0.15, 0.2) is 4.80 Å². The zero-order valence-electron chi connectivity index (χ0n) is 10.1. The molecule has 19 heavy (non-hydrogen) atoms. The second-order valence-electron chi connectivity index (χ2n) is 4.22. The van der Waals surface area contributed by atoms with Crippen molar-refractivity contribution < 1.29 is 4.79 Å². The van der Waals surface area contributed by atoms with Crippen molar-refractivity contribution in [1.82, 2.24) is 9.47 Å². The fourth-order valence-corrected chi connectivity index (χ4v) is 4.13. The maximum Gasteiger partial charge on any atom is 0.346 e. The first-order chi connectivity index (χ1) is 9.24. The molecule has 3 rings (SSSR count). The van der Waals surface area contributed by atoms with Crippen LogP contribution in [0.15, 0.2) is 32.5 Å². The number of amides is 2. The molecule has 0 radical (unpaired) electrons. The molecule has 1 fully saturated rings. The fourth-order valence-electron chi connectivity index (χ4n) is 2.02. The summed E-state index contributed by atoms with van der Waals surface area (Å²) in [6.07, 6.45) is 4.12. The monoisotopic (exact) mass is 357 g/mol. The van der Waals surface area contributed by atoms with Gasteiger partial charge in [0.25, 0.3) is 0 Å². The van der Waals surface area contributed by atoms with E-state index in [1.54, 1.807) is 11.3 Å². The van der Waals surface area contributed by atoms with Crippen molar-refractivity contribution in [2.24, 2.45) is 4.99 Å². The van der Waals surface area contributed by atoms with Gasteiger partial charge >= 0.3 is 6.03 Å². The van der Waals surface area contributed by atoms with Crippen molar-refractivity contribution in [1.29, 1.82) is 0 Å². The molecule has 0 N–H and O–H groups in total. The molecule has 2 aromatic rings. The van der Waals surface area contributed by atoms with Crippen LogP contribution in [0, 0.1) is 0 Å². The highest BCUT2D eigenvalue weighted by Crippen LogP contribution is 2.24. The normalized spacial score (nSPS) is 16.3. The fraction of sp³-hybridized carbons (Fsp3) is 0.333. The lowest BCUT2D eigenvalue weighted by atomic mass is 10.4. The van der Waals surface area contributed by atoms with Crippen LogP contribution in [-0.2, 0) is 0 Å². The maximum atomic E-state index is 12.0. The van der Waals surface area contributed by atoms with E-state index < -0.39 is 0 Å². The van der Waals surface area contributed by atoms with Crippen LogP contribution in [0.25, 0.3) is 5.00 Å². The summed E-state index contributed by atoms with van der Waals surface area (Å²) in [5.41, 5.74) is 0. The second-order valence-corrected chi connectivity index (χ2v) is 7.54. The molecule has 100 valence electrons. The van der Waals surface area contributed by atoms with Crippen LogP contribution in [-0.4, -0.2) is 28.6 Å². The van der Waals surface area contributed by atoms with Crippen LogP contribution < -0.4 is 4.80 Å². The number of hydrogen-bond donors (Lipinski definition) is 0. The number of rotatable bonds is 1. The Bertz CT molecular complexity index is 652. The number of urea groups is 1. The Morgan fingerprint density at radius 3 is 2.79 bits per heavy atom. The van der Waals surface area contributed by atoms with Crippen molar-refractivity contribution in [2.45, 2.75) is 12.8 Å². The molecular formula is C12H12BrN3OS2. The molecule has 0 bridgehead atoms. The summed E-state index contributed by atoms with van der Waals surface area (Å²) in [5, 5.41) is 3.00. The molecule has 0 atom stereocenters. The highest BCUT2D eigenvalue weighted by Gasteiger charge is 2.17. The molecule has 4 nitrogen and oxygen atoms in total. The summed E-state index contributed by atoms with van der Waals surface area (Å²) >= 11 is 6.55. The first-order valence-corrected chi connectivity index (χ1v) is 8.48. The highest BCUT2D eigenvalue weighted by atomic mass is 79.9. The van der Waals surface area contributed by atoms with E-state index in [1.165, 1.54) is 11.3 Å². The van der Waals surface area contributed by atoms with Gasteiger partial charge in [0.2, 0.25) is 0 Å². The molecule has 0 aliphatic carbocycles. The van der Waals surface area contributed by atoms with Gasteiger partial charge in [-0.05, 0) is 40.9 Å². The quantitative estimate of drug-likeness (QED) is 0.769. The first kappa shape index (κ1) is 13.1. The van der Waals surface area contributed by atoms with Crippen LogP contribution in [0.4, 0.5) is 4.79 Å². The number of carbonyl (C=O) groups excluding carboxylic acids is 1. The Morgan fingerprint density at radius 2 is 2.11 bits per heavy atom. The van der Waals surface area contributed by atoms with E-state index in [9.17, 15) is 4.79 Å². The van der Waals surface area contributed by atoms with Crippen LogP contribution >= 0.6 is 38.6 Å². The smallest absolute Gasteiger partial charge is 0.323 e. The van der Waals surface area contributed by atoms with Gasteiger partial charge in [-0.25, -0.2) is 4.79 Å². The predicted molar refractivity (Wildman–Crippen MR) is 81.0 cm³/mol. The second kappa shape index (κ2) is 5.60. The minimum Gasteiger partial charge on any atom is -0.323 e. The Morgan fingerprint density at radius 1 is 1.32 bits per heavy atom. The average molecular weight is 358 g/mol. The lowest BCUT2D eigenvalue weighted by Crippen LogP contribution is -2.27. The Hall–Kier alpha value is -0.920. The summed E-state index contributed by atoms with van der Waals surface area (Å²) in [6, 6.07) is 3.89. The third-order valence-electron chi connectivity index (χ3n) is 2.95. The lowest BCUT2D eigenvalue weighted by Gasteiger charge is -2.10. The van der Waals surface area contributed by atoms with Crippen LogP contribution in [0.1, 0.15) is 12.8 Å². The molecule has 0 spiro atoms. The Balaban J connectivity index is 1.93. The Labute approximate surface area is 127 Å². The molecule has 3 heterocycles. The Kier molecular flexibility index (Phi) is 3.86. The largest absolute Gasteiger partial charge is 0.346 e. The molecule has 0 unspecified atom stereocenters. The number of halogens is 1. The number of thiazole rings is 1. The average Bonchev–Trinajstić information content (AvgIpc) is 3.08. The standard InChI is InChI=1S/C12H12BrN3OS2/c13-9-3-4-10(19-9)16-7-8-18-12(16)14-11(17)15-5-1-2-6-15/h3-4,7-8H,1-2,5-6H2. The number of likely N-dealkylation sites (tertiary alicyclic amines) is 1. The van der Waals surface area contributed by atoms with Crippen molar-refractivity contribution >= 4 is 44.6 Å². The van der Waals surface area contributed by atoms with Gasteiger partial charge in [0, 0.05) is 24.7 Å². The molecule has 1 aliphatic rings. The first-order valence-electron chi connectivity index (χ1n) is 5.99. The van der Waals surface area contributed by atoms with Crippen molar-refractivity contribution in [2.75, 3.05) is 13.1 Å². The summed E-state index contributed by atoms with van der Waals surface area (Å²) in [5.74, 6) is 0. The van der Waals surface area contributed by atoms with Crippen LogP contribution in [0.3, 0.4) is 0 Å². The zero-order valence-corrected chi connectivity index (χ0v) is 13.3. The highest BCUT2D eigenvalue weighted by molar-refractivity contribution is 9.11. The number of carbonyl (C=O) groups is 1. The summed E-state index contributed by atoms with van der Waals surface area (Å²) in [6.45, 7) is 1.66. The van der Waals surface area contributed by atoms with Gasteiger partial charge in [0.05, 0.1) is 3.79 Å². The number of aromatic nitrogens is 1. The topological polar surface area (TPSA) is 37.6 Å². The third kappa shape index (κ3) is 2.82. The van der Waals surface area contributed by atoms with Gasteiger partial charge in [-0.2, -0.15) is 4.99 Å². The van der Waals surface area contributed by atoms with E-state index in [4.69, 9.17) is 0 Å². The predicted octanol–water partition coefficient (Wildman–Crippen LogP) is 3.48. The summed E-state index contributed by atoms with van der Waals surface area (Å²) in [4.78, 5) is 18.8. The van der Waals surface area contributed by atoms with Gasteiger partial charge in [-0.1, -0.05) is 0 Å². The van der Waals surface area contributed by atoms with E-state index in [0.29, 0.717) is 0 Å². The van der Waals surface area contributed by atoms with E-state index in [0.717, 1.165) is 39.5 Å². The van der Waals surface area contributed by atoms with Crippen molar-refractivity contribution in [3.05, 3.63) is 32.3 Å². The molecule has 2 amide bonds. The molecule has 7 heteroatoms. The van der Waals surface area contributed by atoms with Gasteiger partial charge in [-0.15, -0.1) is 22.7 Å². The van der Waals surface area contributed by atoms with E-state index in [-0.39, 0.29) is 6.03 Å². The minimum atomic E-state index is -0.121. The van der Waals surface area contributed by atoms with E-state index in [2.05, 4.69) is 20.9 Å². The SMILES string of the molecule is O=C(N=c1sccn1-c1ccc(Br)s1)N1CCCC1. The summed E-state index contributed by atoms with van der Waals surface area (Å²) < 4.78 is 3.02. The zero-order chi connectivity index (χ0) is 13.2. The molecule has 0 saturated carbocycles. The van der Waals surface area contributed by atoms with Gasteiger partial charge < -0.3 is 4.90 Å². The molecular weight excluding hydrogens is 346 g/mol. The van der Waals surface area contributed by atoms with Crippen LogP contribution in [0.5, 0.6) is 0 Å². The van der Waals surface area contributed by atoms with Crippen LogP contribution in [0.2, 0.25) is 0 Å². The molecule has 2 aromatic heterocycles. The number of thiophene rings is 1. The van der Waals surface area contributed by atoms with Gasteiger partial charge in [-0.3, -0.25) is 4.57 Å². The van der Waals surface area contributed by atoms with E-state index in [1.807, 2.05) is 33.2 Å². The lowest BCUT2D eigenvalue weighted by molar-refractivity contribution is 0.218. The van der Waals surface area contributed by atoms with E-state index >= 15 is 0 Å².